The number of amides is 1. The first-order valence-corrected chi connectivity index (χ1v) is 10.8. The quantitative estimate of drug-likeness (QED) is 0.440. The molecule has 0 spiro atoms. The molecule has 0 radical (unpaired) electrons. The molecule has 0 aliphatic heterocycles. The van der Waals surface area contributed by atoms with Crippen LogP contribution in [0.15, 0.2) is 28.2 Å². The maximum Gasteiger partial charge on any atom is 0.263 e. The van der Waals surface area contributed by atoms with Crippen LogP contribution >= 0.6 is 46.3 Å². The Hall–Kier alpha value is -1.54. The number of aromatic nitrogens is 2. The predicted octanol–water partition coefficient (Wildman–Crippen LogP) is 5.13. The monoisotopic (exact) mass is 441 g/mol. The van der Waals surface area contributed by atoms with Gasteiger partial charge in [-0.05, 0) is 44.5 Å². The molecule has 0 bridgehead atoms. The largest absolute Gasteiger partial charge is 0.324 e. The highest BCUT2D eigenvalue weighted by molar-refractivity contribution is 7.99. The Kier molecular flexibility index (Phi) is 6.15. The van der Waals surface area contributed by atoms with Gasteiger partial charge in [-0.15, -0.1) is 11.3 Å². The summed E-state index contributed by atoms with van der Waals surface area (Å²) in [6.45, 7) is 6.29. The van der Waals surface area contributed by atoms with Gasteiger partial charge in [0.15, 0.2) is 5.16 Å². The van der Waals surface area contributed by atoms with Crippen LogP contribution < -0.4 is 10.9 Å². The van der Waals surface area contributed by atoms with Crippen molar-refractivity contribution in [3.63, 3.8) is 0 Å². The number of nitrogens with one attached hydrogen (secondary N) is 1. The van der Waals surface area contributed by atoms with Gasteiger partial charge in [0.2, 0.25) is 5.91 Å². The Morgan fingerprint density at radius 1 is 1.33 bits per heavy atom. The van der Waals surface area contributed by atoms with Crippen LogP contribution in [0.25, 0.3) is 10.2 Å². The maximum absolute atomic E-state index is 12.8. The van der Waals surface area contributed by atoms with E-state index < -0.39 is 0 Å². The van der Waals surface area contributed by atoms with Gasteiger partial charge in [-0.3, -0.25) is 14.2 Å². The highest BCUT2D eigenvalue weighted by atomic mass is 35.5. The molecular weight excluding hydrogens is 425 g/mol. The van der Waals surface area contributed by atoms with Crippen molar-refractivity contribution in [1.29, 1.82) is 0 Å². The van der Waals surface area contributed by atoms with Crippen LogP contribution in [0.5, 0.6) is 0 Å². The van der Waals surface area contributed by atoms with Crippen LogP contribution in [0.1, 0.15) is 17.4 Å². The minimum atomic E-state index is -0.250. The van der Waals surface area contributed by atoms with Crippen LogP contribution in [0.4, 0.5) is 5.69 Å². The normalized spacial score (nSPS) is 11.1. The molecule has 0 aliphatic carbocycles. The molecule has 1 amide bonds. The molecule has 142 valence electrons. The fourth-order valence-corrected chi connectivity index (χ4v) is 4.88. The first-order valence-electron chi connectivity index (χ1n) is 8.20. The van der Waals surface area contributed by atoms with Crippen molar-refractivity contribution in [1.82, 2.24) is 9.55 Å². The number of hydrogen-bond donors (Lipinski definition) is 1. The molecule has 9 heteroatoms. The molecule has 0 saturated heterocycles. The van der Waals surface area contributed by atoms with E-state index in [1.807, 2.05) is 20.8 Å². The van der Waals surface area contributed by atoms with Gasteiger partial charge in [0, 0.05) is 16.4 Å². The first-order chi connectivity index (χ1) is 12.8. The SMILES string of the molecule is CCn1c(SCC(=O)Nc2cc(Cl)ccc2Cl)nc2sc(C)c(C)c2c1=O. The van der Waals surface area contributed by atoms with Gasteiger partial charge < -0.3 is 5.32 Å². The van der Waals surface area contributed by atoms with Crippen molar-refractivity contribution >= 4 is 68.1 Å². The Balaban J connectivity index is 1.83. The van der Waals surface area contributed by atoms with Crippen LogP contribution in [0, 0.1) is 13.8 Å². The number of carbonyl (C=O) groups is 1. The number of benzene rings is 1. The van der Waals surface area contributed by atoms with E-state index in [-0.39, 0.29) is 17.2 Å². The summed E-state index contributed by atoms with van der Waals surface area (Å²) in [6.07, 6.45) is 0. The molecule has 1 N–H and O–H groups in total. The fraction of sp³-hybridized carbons (Fsp3) is 0.278. The molecule has 0 aliphatic rings. The molecule has 0 unspecified atom stereocenters. The van der Waals surface area contributed by atoms with Gasteiger partial charge in [-0.2, -0.15) is 0 Å². The summed E-state index contributed by atoms with van der Waals surface area (Å²) in [6, 6.07) is 4.87. The molecule has 3 aromatic rings. The van der Waals surface area contributed by atoms with Crippen LogP contribution in [0.2, 0.25) is 10.0 Å². The Bertz CT molecular complexity index is 1090. The molecule has 5 nitrogen and oxygen atoms in total. The molecule has 1 aromatic carbocycles. The smallest absolute Gasteiger partial charge is 0.263 e. The third kappa shape index (κ3) is 4.16. The third-order valence-electron chi connectivity index (χ3n) is 4.10. The van der Waals surface area contributed by atoms with Crippen LogP contribution in [0.3, 0.4) is 0 Å². The summed E-state index contributed by atoms with van der Waals surface area (Å²) in [7, 11) is 0. The van der Waals surface area contributed by atoms with Gasteiger partial charge >= 0.3 is 0 Å². The van der Waals surface area contributed by atoms with E-state index in [0.717, 1.165) is 10.4 Å². The van der Waals surface area contributed by atoms with Gasteiger partial charge in [0.25, 0.3) is 5.56 Å². The number of nitrogens with zero attached hydrogens (tertiary/aromatic N) is 2. The number of hydrogen-bond acceptors (Lipinski definition) is 5. The minimum Gasteiger partial charge on any atom is -0.324 e. The molecule has 27 heavy (non-hydrogen) atoms. The summed E-state index contributed by atoms with van der Waals surface area (Å²) in [5.74, 6) is -0.149. The van der Waals surface area contributed by atoms with Gasteiger partial charge in [0.1, 0.15) is 4.83 Å². The zero-order valence-corrected chi connectivity index (χ0v) is 18.1. The average Bonchev–Trinajstić information content (AvgIpc) is 2.90. The lowest BCUT2D eigenvalue weighted by Gasteiger charge is -2.11. The molecular formula is C18H17Cl2N3O2S2. The highest BCUT2D eigenvalue weighted by Gasteiger charge is 2.17. The van der Waals surface area contributed by atoms with Gasteiger partial charge in [0.05, 0.1) is 21.8 Å². The number of halogens is 2. The van der Waals surface area contributed by atoms with E-state index in [1.165, 1.54) is 23.1 Å². The second kappa shape index (κ2) is 8.22. The number of fused-ring (bicyclic) bond motifs is 1. The van der Waals surface area contributed by atoms with Crippen molar-refractivity contribution < 1.29 is 4.79 Å². The van der Waals surface area contributed by atoms with Crippen LogP contribution in [-0.2, 0) is 11.3 Å². The Morgan fingerprint density at radius 2 is 2.07 bits per heavy atom. The number of carbonyl (C=O) groups excluding carboxylic acids is 1. The number of thiophene rings is 1. The van der Waals surface area contributed by atoms with Crippen molar-refractivity contribution in [2.75, 3.05) is 11.1 Å². The fourth-order valence-electron chi connectivity index (χ4n) is 2.61. The second-order valence-electron chi connectivity index (χ2n) is 5.87. The van der Waals surface area contributed by atoms with Crippen molar-refractivity contribution in [2.24, 2.45) is 0 Å². The van der Waals surface area contributed by atoms with Crippen LogP contribution in [-0.4, -0.2) is 21.2 Å². The molecule has 0 atom stereocenters. The Labute approximate surface area is 174 Å². The summed E-state index contributed by atoms with van der Waals surface area (Å²) >= 11 is 14.7. The third-order valence-corrected chi connectivity index (χ3v) is 6.75. The summed E-state index contributed by atoms with van der Waals surface area (Å²) < 4.78 is 1.60. The summed E-state index contributed by atoms with van der Waals surface area (Å²) in [5.41, 5.74) is 1.36. The van der Waals surface area contributed by atoms with E-state index in [2.05, 4.69) is 10.3 Å². The highest BCUT2D eigenvalue weighted by Crippen LogP contribution is 2.29. The zero-order valence-electron chi connectivity index (χ0n) is 14.9. The molecule has 2 aromatic heterocycles. The lowest BCUT2D eigenvalue weighted by atomic mass is 10.2. The topological polar surface area (TPSA) is 64.0 Å². The number of thioether (sulfide) groups is 1. The second-order valence-corrected chi connectivity index (χ2v) is 8.86. The zero-order chi connectivity index (χ0) is 19.7. The van der Waals surface area contributed by atoms with Crippen molar-refractivity contribution in [2.45, 2.75) is 32.5 Å². The average molecular weight is 442 g/mol. The lowest BCUT2D eigenvalue weighted by Crippen LogP contribution is -2.23. The molecule has 0 saturated carbocycles. The predicted molar refractivity (Wildman–Crippen MR) is 115 cm³/mol. The van der Waals surface area contributed by atoms with Crippen molar-refractivity contribution in [3.05, 3.63) is 49.0 Å². The summed E-state index contributed by atoms with van der Waals surface area (Å²) in [4.78, 5) is 31.5. The van der Waals surface area contributed by atoms with E-state index in [1.54, 1.807) is 22.8 Å². The number of anilines is 1. The molecule has 0 fully saturated rings. The maximum atomic E-state index is 12.8. The number of rotatable bonds is 5. The van der Waals surface area contributed by atoms with E-state index in [4.69, 9.17) is 23.2 Å². The van der Waals surface area contributed by atoms with E-state index in [9.17, 15) is 9.59 Å². The first kappa shape index (κ1) is 20.2. The molecule has 2 heterocycles. The molecule has 3 rings (SSSR count). The lowest BCUT2D eigenvalue weighted by molar-refractivity contribution is -0.113. The number of aryl methyl sites for hydroxylation is 2. The van der Waals surface area contributed by atoms with E-state index >= 15 is 0 Å². The summed E-state index contributed by atoms with van der Waals surface area (Å²) in [5, 5.41) is 4.83. The minimum absolute atomic E-state index is 0.0647. The standard InChI is InChI=1S/C18H17Cl2N3O2S2/c1-4-23-17(25)15-9(2)10(3)27-16(15)22-18(23)26-8-14(24)21-13-7-11(19)5-6-12(13)20/h5-7H,4,8H2,1-3H3,(H,21,24). The Morgan fingerprint density at radius 3 is 2.78 bits per heavy atom. The van der Waals surface area contributed by atoms with E-state index in [0.29, 0.717) is 37.7 Å². The van der Waals surface area contributed by atoms with Crippen molar-refractivity contribution in [3.8, 4) is 0 Å². The van der Waals surface area contributed by atoms with Gasteiger partial charge in [-0.1, -0.05) is 35.0 Å². The van der Waals surface area contributed by atoms with Gasteiger partial charge in [-0.25, -0.2) is 4.98 Å².